The summed E-state index contributed by atoms with van der Waals surface area (Å²) in [6, 6.07) is 0. The second-order valence-corrected chi connectivity index (χ2v) is 8.25. The Morgan fingerprint density at radius 1 is 0.632 bits per heavy atom. The SMILES string of the molecule is OC12CC3C4C5CC(O)(CC4(O)C1)CC5(O)C3(O)C2. The van der Waals surface area contributed by atoms with Gasteiger partial charge in [-0.05, 0) is 30.6 Å². The molecule has 0 heterocycles. The third-order valence-corrected chi connectivity index (χ3v) is 7.13. The van der Waals surface area contributed by atoms with Crippen molar-refractivity contribution in [1.29, 1.82) is 0 Å². The van der Waals surface area contributed by atoms with Crippen molar-refractivity contribution in [2.24, 2.45) is 17.8 Å². The van der Waals surface area contributed by atoms with Gasteiger partial charge in [-0.25, -0.2) is 0 Å². The van der Waals surface area contributed by atoms with Crippen molar-refractivity contribution in [3.63, 3.8) is 0 Å². The fourth-order valence-corrected chi connectivity index (χ4v) is 7.10. The monoisotopic (exact) mass is 268 g/mol. The molecule has 5 heteroatoms. The van der Waals surface area contributed by atoms with Gasteiger partial charge in [0, 0.05) is 25.7 Å². The second-order valence-electron chi connectivity index (χ2n) is 8.25. The predicted octanol–water partition coefficient (Wildman–Crippen LogP) is -1.10. The van der Waals surface area contributed by atoms with E-state index in [2.05, 4.69) is 0 Å². The zero-order chi connectivity index (χ0) is 13.5. The normalized spacial score (nSPS) is 75.9. The minimum Gasteiger partial charge on any atom is -0.390 e. The van der Waals surface area contributed by atoms with Crippen LogP contribution in [-0.4, -0.2) is 53.5 Å². The highest BCUT2D eigenvalue weighted by atomic mass is 16.4. The maximum atomic E-state index is 11.0. The third-order valence-electron chi connectivity index (χ3n) is 7.13. The average molecular weight is 268 g/mol. The Morgan fingerprint density at radius 3 is 1.47 bits per heavy atom. The van der Waals surface area contributed by atoms with Gasteiger partial charge < -0.3 is 25.5 Å². The standard InChI is InChI=1S/C14H20O5/c15-10-1-7-9-8-2-11(16,4-12(9,17)3-10)6-14(8,19)13(7,18)5-10/h7-9,15-19H,1-6H2. The molecule has 5 fully saturated rings. The Hall–Kier alpha value is -0.200. The van der Waals surface area contributed by atoms with Gasteiger partial charge in [0.05, 0.1) is 28.0 Å². The molecule has 0 saturated heterocycles. The van der Waals surface area contributed by atoms with Gasteiger partial charge in [0.2, 0.25) is 0 Å². The molecule has 5 rings (SSSR count). The van der Waals surface area contributed by atoms with Gasteiger partial charge >= 0.3 is 0 Å². The van der Waals surface area contributed by atoms with Crippen molar-refractivity contribution in [3.8, 4) is 0 Å². The molecule has 0 aromatic carbocycles. The summed E-state index contributed by atoms with van der Waals surface area (Å²) in [6.07, 6.45) is 1.64. The predicted molar refractivity (Wildman–Crippen MR) is 62.9 cm³/mol. The van der Waals surface area contributed by atoms with Crippen LogP contribution in [0.15, 0.2) is 0 Å². The van der Waals surface area contributed by atoms with Crippen LogP contribution in [0.25, 0.3) is 0 Å². The van der Waals surface area contributed by atoms with Crippen molar-refractivity contribution in [1.82, 2.24) is 0 Å². The first kappa shape index (κ1) is 11.5. The van der Waals surface area contributed by atoms with Gasteiger partial charge in [0.25, 0.3) is 0 Å². The van der Waals surface area contributed by atoms with E-state index < -0.39 is 28.0 Å². The minimum atomic E-state index is -1.34. The summed E-state index contributed by atoms with van der Waals surface area (Å²) in [4.78, 5) is 0. The van der Waals surface area contributed by atoms with Gasteiger partial charge in [-0.1, -0.05) is 0 Å². The fraction of sp³-hybridized carbons (Fsp3) is 1.00. The van der Waals surface area contributed by atoms with Gasteiger partial charge in [0.15, 0.2) is 0 Å². The smallest absolute Gasteiger partial charge is 0.0997 e. The van der Waals surface area contributed by atoms with Crippen molar-refractivity contribution in [2.45, 2.75) is 66.5 Å². The zero-order valence-electron chi connectivity index (χ0n) is 10.7. The van der Waals surface area contributed by atoms with E-state index in [1.54, 1.807) is 0 Å². The van der Waals surface area contributed by atoms with E-state index in [0.717, 1.165) is 0 Å². The summed E-state index contributed by atoms with van der Waals surface area (Å²) in [5.41, 5.74) is -6.00. The molecule has 0 spiro atoms. The quantitative estimate of drug-likeness (QED) is 0.384. The van der Waals surface area contributed by atoms with Crippen molar-refractivity contribution >= 4 is 0 Å². The molecule has 0 aromatic heterocycles. The van der Waals surface area contributed by atoms with E-state index >= 15 is 0 Å². The van der Waals surface area contributed by atoms with Crippen LogP contribution in [-0.2, 0) is 0 Å². The van der Waals surface area contributed by atoms with E-state index in [1.807, 2.05) is 0 Å². The zero-order valence-corrected chi connectivity index (χ0v) is 10.7. The first-order chi connectivity index (χ1) is 8.63. The van der Waals surface area contributed by atoms with Crippen LogP contribution in [0, 0.1) is 17.8 Å². The summed E-state index contributed by atoms with van der Waals surface area (Å²) in [7, 11) is 0. The summed E-state index contributed by atoms with van der Waals surface area (Å²) in [5.74, 6) is -0.666. The molecule has 0 aliphatic heterocycles. The lowest BCUT2D eigenvalue weighted by Crippen LogP contribution is -2.58. The van der Waals surface area contributed by atoms with Crippen LogP contribution in [0.5, 0.6) is 0 Å². The largest absolute Gasteiger partial charge is 0.390 e. The first-order valence-electron chi connectivity index (χ1n) is 7.25. The third kappa shape index (κ3) is 0.939. The Kier molecular flexibility index (Phi) is 1.51. The summed E-state index contributed by atoms with van der Waals surface area (Å²) < 4.78 is 0. The van der Waals surface area contributed by atoms with Gasteiger partial charge in [-0.3, -0.25) is 0 Å². The van der Waals surface area contributed by atoms with Gasteiger partial charge in [-0.15, -0.1) is 0 Å². The van der Waals surface area contributed by atoms with E-state index in [0.29, 0.717) is 12.8 Å². The lowest BCUT2D eigenvalue weighted by atomic mass is 9.58. The molecule has 19 heavy (non-hydrogen) atoms. The number of rotatable bonds is 0. The van der Waals surface area contributed by atoms with Crippen LogP contribution in [0.4, 0.5) is 0 Å². The van der Waals surface area contributed by atoms with Crippen LogP contribution >= 0.6 is 0 Å². The number of fused-ring (bicyclic) bond motifs is 3. The number of aliphatic hydroxyl groups is 5. The van der Waals surface area contributed by atoms with E-state index in [4.69, 9.17) is 0 Å². The molecular weight excluding hydrogens is 248 g/mol. The maximum Gasteiger partial charge on any atom is 0.0997 e. The molecular formula is C14H20O5. The van der Waals surface area contributed by atoms with Crippen LogP contribution in [0.2, 0.25) is 0 Å². The topological polar surface area (TPSA) is 101 Å². The van der Waals surface area contributed by atoms with Crippen LogP contribution in [0.1, 0.15) is 38.5 Å². The Bertz CT molecular complexity index is 468. The molecule has 6 unspecified atom stereocenters. The molecule has 5 N–H and O–H groups in total. The van der Waals surface area contributed by atoms with Crippen molar-refractivity contribution < 1.29 is 25.5 Å². The Morgan fingerprint density at radius 2 is 1.05 bits per heavy atom. The fourth-order valence-electron chi connectivity index (χ4n) is 7.10. The molecule has 5 aliphatic rings. The Labute approximate surface area is 110 Å². The maximum absolute atomic E-state index is 11.0. The highest BCUT2D eigenvalue weighted by Gasteiger charge is 2.85. The van der Waals surface area contributed by atoms with Crippen LogP contribution in [0.3, 0.4) is 0 Å². The lowest BCUT2D eigenvalue weighted by molar-refractivity contribution is -0.191. The molecule has 0 amide bonds. The molecule has 4 bridgehead atoms. The van der Waals surface area contributed by atoms with Crippen LogP contribution < -0.4 is 0 Å². The van der Waals surface area contributed by atoms with E-state index in [-0.39, 0.29) is 43.4 Å². The molecule has 5 aliphatic carbocycles. The van der Waals surface area contributed by atoms with E-state index in [1.165, 1.54) is 0 Å². The Balaban J connectivity index is 1.81. The van der Waals surface area contributed by atoms with E-state index in [9.17, 15) is 25.5 Å². The molecule has 0 aromatic rings. The molecule has 5 nitrogen and oxygen atoms in total. The minimum absolute atomic E-state index is 0.132. The highest BCUT2D eigenvalue weighted by molar-refractivity contribution is 5.36. The van der Waals surface area contributed by atoms with Gasteiger partial charge in [0.1, 0.15) is 0 Å². The van der Waals surface area contributed by atoms with Crippen molar-refractivity contribution in [2.75, 3.05) is 0 Å². The highest BCUT2D eigenvalue weighted by Crippen LogP contribution is 2.76. The summed E-state index contributed by atoms with van der Waals surface area (Å²) >= 11 is 0. The summed E-state index contributed by atoms with van der Waals surface area (Å²) in [6.45, 7) is 0. The van der Waals surface area contributed by atoms with Gasteiger partial charge in [-0.2, -0.15) is 0 Å². The number of hydrogen-bond acceptors (Lipinski definition) is 5. The average Bonchev–Trinajstić information content (AvgIpc) is 2.62. The molecule has 5 saturated carbocycles. The lowest BCUT2D eigenvalue weighted by Gasteiger charge is -2.52. The molecule has 6 atom stereocenters. The second kappa shape index (κ2) is 2.50. The number of hydrogen-bond donors (Lipinski definition) is 5. The first-order valence-corrected chi connectivity index (χ1v) is 7.25. The van der Waals surface area contributed by atoms with Crippen molar-refractivity contribution in [3.05, 3.63) is 0 Å². The molecule has 0 radical (unpaired) electrons. The molecule has 106 valence electrons. The summed E-state index contributed by atoms with van der Waals surface area (Å²) in [5, 5.41) is 54.3.